The van der Waals surface area contributed by atoms with Crippen molar-refractivity contribution in [2.75, 3.05) is 33.4 Å². The number of carbonyl (C=O) groups is 1. The lowest BCUT2D eigenvalue weighted by Gasteiger charge is -2.30. The van der Waals surface area contributed by atoms with Crippen LogP contribution in [0.25, 0.3) is 0 Å². The van der Waals surface area contributed by atoms with Gasteiger partial charge >= 0.3 is 5.97 Å². The molecule has 0 amide bonds. The van der Waals surface area contributed by atoms with Crippen LogP contribution in [0.3, 0.4) is 0 Å². The quantitative estimate of drug-likeness (QED) is 0.589. The number of likely N-dealkylation sites (N-methyl/N-ethyl adjacent to an activating group) is 1. The Bertz CT molecular complexity index is 303. The standard InChI is InChI=1S/C13H24N2O3/c1-15(6-7-18-8-10-2-3-10)9-13(14,12(16)17)11-4-5-11/h10-11H,2-9,14H2,1H3,(H,16,17). The molecule has 0 spiro atoms. The number of hydrogen-bond acceptors (Lipinski definition) is 4. The van der Waals surface area contributed by atoms with E-state index in [1.807, 2.05) is 11.9 Å². The Hall–Kier alpha value is -0.650. The molecule has 1 atom stereocenters. The molecule has 2 aliphatic rings. The highest BCUT2D eigenvalue weighted by Crippen LogP contribution is 2.38. The molecule has 2 rings (SSSR count). The minimum absolute atomic E-state index is 0.143. The Balaban J connectivity index is 1.67. The summed E-state index contributed by atoms with van der Waals surface area (Å²) in [5, 5.41) is 9.26. The van der Waals surface area contributed by atoms with Crippen LogP contribution in [0.4, 0.5) is 0 Å². The maximum Gasteiger partial charge on any atom is 0.325 e. The van der Waals surface area contributed by atoms with Crippen molar-refractivity contribution < 1.29 is 14.6 Å². The zero-order valence-corrected chi connectivity index (χ0v) is 11.1. The number of rotatable bonds is 9. The van der Waals surface area contributed by atoms with E-state index in [-0.39, 0.29) is 5.92 Å². The summed E-state index contributed by atoms with van der Waals surface area (Å²) < 4.78 is 5.55. The highest BCUT2D eigenvalue weighted by Gasteiger charge is 2.48. The Labute approximate surface area is 108 Å². The van der Waals surface area contributed by atoms with Gasteiger partial charge in [0, 0.05) is 19.7 Å². The Morgan fingerprint density at radius 2 is 2.11 bits per heavy atom. The maximum absolute atomic E-state index is 11.3. The molecule has 0 heterocycles. The summed E-state index contributed by atoms with van der Waals surface area (Å²) in [7, 11) is 1.91. The van der Waals surface area contributed by atoms with Gasteiger partial charge in [0.25, 0.3) is 0 Å². The molecule has 0 aliphatic heterocycles. The van der Waals surface area contributed by atoms with Crippen molar-refractivity contribution in [2.45, 2.75) is 31.2 Å². The summed E-state index contributed by atoms with van der Waals surface area (Å²) in [5.74, 6) is 0.0370. The van der Waals surface area contributed by atoms with Crippen molar-refractivity contribution in [3.05, 3.63) is 0 Å². The Kier molecular flexibility index (Phi) is 4.25. The molecule has 5 nitrogen and oxygen atoms in total. The van der Waals surface area contributed by atoms with Gasteiger partial charge in [0.05, 0.1) is 6.61 Å². The van der Waals surface area contributed by atoms with Gasteiger partial charge in [0.1, 0.15) is 5.54 Å². The van der Waals surface area contributed by atoms with Gasteiger partial charge in [0.2, 0.25) is 0 Å². The van der Waals surface area contributed by atoms with E-state index >= 15 is 0 Å². The fourth-order valence-electron chi connectivity index (χ4n) is 2.25. The highest BCUT2D eigenvalue weighted by atomic mass is 16.5. The molecule has 0 radical (unpaired) electrons. The predicted octanol–water partition coefficient (Wildman–Crippen LogP) is 0.537. The lowest BCUT2D eigenvalue weighted by Crippen LogP contribution is -2.57. The van der Waals surface area contributed by atoms with Crippen molar-refractivity contribution in [1.82, 2.24) is 4.90 Å². The molecule has 0 aromatic heterocycles. The monoisotopic (exact) mass is 256 g/mol. The lowest BCUT2D eigenvalue weighted by molar-refractivity contribution is -0.145. The third-order valence-corrected chi connectivity index (χ3v) is 3.90. The summed E-state index contributed by atoms with van der Waals surface area (Å²) in [6.45, 7) is 2.65. The smallest absolute Gasteiger partial charge is 0.325 e. The fraction of sp³-hybridized carbons (Fsp3) is 0.923. The first-order valence-corrected chi connectivity index (χ1v) is 6.81. The van der Waals surface area contributed by atoms with Crippen LogP contribution in [-0.2, 0) is 9.53 Å². The molecular formula is C13H24N2O3. The van der Waals surface area contributed by atoms with Crippen LogP contribution in [-0.4, -0.2) is 54.9 Å². The second kappa shape index (κ2) is 5.55. The van der Waals surface area contributed by atoms with E-state index in [4.69, 9.17) is 10.5 Å². The molecule has 18 heavy (non-hydrogen) atoms. The third kappa shape index (κ3) is 3.67. The van der Waals surface area contributed by atoms with Crippen LogP contribution in [0, 0.1) is 11.8 Å². The molecule has 0 aromatic carbocycles. The van der Waals surface area contributed by atoms with E-state index in [2.05, 4.69) is 0 Å². The lowest BCUT2D eigenvalue weighted by atomic mass is 9.94. The molecule has 0 bridgehead atoms. The van der Waals surface area contributed by atoms with E-state index in [1.165, 1.54) is 12.8 Å². The number of nitrogens with two attached hydrogens (primary N) is 1. The van der Waals surface area contributed by atoms with Crippen molar-refractivity contribution in [3.63, 3.8) is 0 Å². The first kappa shape index (κ1) is 13.8. The third-order valence-electron chi connectivity index (χ3n) is 3.90. The number of hydrogen-bond donors (Lipinski definition) is 2. The minimum Gasteiger partial charge on any atom is -0.480 e. The molecule has 0 aromatic rings. The SMILES string of the molecule is CN(CCOCC1CC1)CC(N)(C(=O)O)C1CC1. The number of carboxylic acid groups (broad SMARTS) is 1. The largest absolute Gasteiger partial charge is 0.480 e. The number of nitrogens with zero attached hydrogens (tertiary/aromatic N) is 1. The normalized spacial score (nSPS) is 23.1. The zero-order valence-electron chi connectivity index (χ0n) is 11.1. The summed E-state index contributed by atoms with van der Waals surface area (Å²) in [4.78, 5) is 13.3. The van der Waals surface area contributed by atoms with Gasteiger partial charge in [0.15, 0.2) is 0 Å². The highest BCUT2D eigenvalue weighted by molar-refractivity contribution is 5.79. The summed E-state index contributed by atoms with van der Waals surface area (Å²) >= 11 is 0. The predicted molar refractivity (Wildman–Crippen MR) is 68.3 cm³/mol. The molecule has 3 N–H and O–H groups in total. The number of carboxylic acids is 1. The molecule has 104 valence electrons. The van der Waals surface area contributed by atoms with Crippen LogP contribution in [0.15, 0.2) is 0 Å². The van der Waals surface area contributed by atoms with E-state index in [9.17, 15) is 9.90 Å². The van der Waals surface area contributed by atoms with Crippen molar-refractivity contribution in [2.24, 2.45) is 17.6 Å². The number of aliphatic carboxylic acids is 1. The topological polar surface area (TPSA) is 75.8 Å². The minimum atomic E-state index is -1.08. The second-order valence-electron chi connectivity index (χ2n) is 5.88. The second-order valence-corrected chi connectivity index (χ2v) is 5.88. The van der Waals surface area contributed by atoms with Gasteiger partial charge < -0.3 is 20.5 Å². The molecule has 1 unspecified atom stereocenters. The van der Waals surface area contributed by atoms with Gasteiger partial charge in [-0.05, 0) is 44.6 Å². The summed E-state index contributed by atoms with van der Waals surface area (Å²) in [6, 6.07) is 0. The van der Waals surface area contributed by atoms with Crippen LogP contribution >= 0.6 is 0 Å². The first-order valence-electron chi connectivity index (χ1n) is 6.81. The molecule has 2 aliphatic carbocycles. The van der Waals surface area contributed by atoms with Gasteiger partial charge in [-0.3, -0.25) is 4.79 Å². The van der Waals surface area contributed by atoms with Gasteiger partial charge in [-0.1, -0.05) is 0 Å². The summed E-state index contributed by atoms with van der Waals surface area (Å²) in [5.41, 5.74) is 4.95. The number of ether oxygens (including phenoxy) is 1. The van der Waals surface area contributed by atoms with Crippen LogP contribution in [0.1, 0.15) is 25.7 Å². The van der Waals surface area contributed by atoms with Crippen molar-refractivity contribution in [1.29, 1.82) is 0 Å². The fourth-order valence-corrected chi connectivity index (χ4v) is 2.25. The first-order chi connectivity index (χ1) is 8.52. The van der Waals surface area contributed by atoms with Crippen LogP contribution < -0.4 is 5.73 Å². The Morgan fingerprint density at radius 3 is 2.61 bits per heavy atom. The molecule has 2 fully saturated rings. The van der Waals surface area contributed by atoms with E-state index < -0.39 is 11.5 Å². The maximum atomic E-state index is 11.3. The van der Waals surface area contributed by atoms with Gasteiger partial charge in [-0.2, -0.15) is 0 Å². The van der Waals surface area contributed by atoms with E-state index in [1.54, 1.807) is 0 Å². The van der Waals surface area contributed by atoms with Crippen molar-refractivity contribution in [3.8, 4) is 0 Å². The van der Waals surface area contributed by atoms with Crippen LogP contribution in [0.5, 0.6) is 0 Å². The van der Waals surface area contributed by atoms with E-state index in [0.717, 1.165) is 31.9 Å². The van der Waals surface area contributed by atoms with E-state index in [0.29, 0.717) is 13.2 Å². The molecular weight excluding hydrogens is 232 g/mol. The average Bonchev–Trinajstić information content (AvgIpc) is 3.17. The Morgan fingerprint density at radius 1 is 1.44 bits per heavy atom. The summed E-state index contributed by atoms with van der Waals surface area (Å²) in [6.07, 6.45) is 4.47. The molecule has 0 saturated heterocycles. The van der Waals surface area contributed by atoms with Crippen molar-refractivity contribution >= 4 is 5.97 Å². The average molecular weight is 256 g/mol. The molecule has 2 saturated carbocycles. The molecule has 5 heteroatoms. The van der Waals surface area contributed by atoms with Gasteiger partial charge in [-0.15, -0.1) is 0 Å². The zero-order chi connectivity index (χ0) is 13.2. The van der Waals surface area contributed by atoms with Gasteiger partial charge in [-0.25, -0.2) is 0 Å². The van der Waals surface area contributed by atoms with Crippen LogP contribution in [0.2, 0.25) is 0 Å².